The van der Waals surface area contributed by atoms with Crippen LogP contribution >= 0.6 is 0 Å². The third-order valence-corrected chi connectivity index (χ3v) is 8.82. The van der Waals surface area contributed by atoms with E-state index >= 15 is 0 Å². The van der Waals surface area contributed by atoms with E-state index in [-0.39, 0.29) is 29.3 Å². The Labute approximate surface area is 256 Å². The molecule has 230 valence electrons. The van der Waals surface area contributed by atoms with Gasteiger partial charge in [-0.1, -0.05) is 60.7 Å². The molecule has 0 radical (unpaired) electrons. The molecule has 0 fully saturated rings. The molecule has 4 aromatic rings. The van der Waals surface area contributed by atoms with E-state index in [4.69, 9.17) is 9.47 Å². The lowest BCUT2D eigenvalue weighted by Gasteiger charge is -2.34. The van der Waals surface area contributed by atoms with Crippen LogP contribution in [-0.2, 0) is 32.6 Å². The summed E-state index contributed by atoms with van der Waals surface area (Å²) in [6, 6.07) is 26.0. The van der Waals surface area contributed by atoms with Crippen LogP contribution in [0.5, 0.6) is 11.5 Å². The molecule has 4 aromatic carbocycles. The Morgan fingerprint density at radius 1 is 0.841 bits per heavy atom. The number of rotatable bonds is 13. The first-order valence-corrected chi connectivity index (χ1v) is 15.2. The number of carbonyl (C=O) groups is 2. The number of likely N-dealkylation sites (N-methyl/N-ethyl adjacent to an activating group) is 1. The van der Waals surface area contributed by atoms with Gasteiger partial charge in [0.15, 0.2) is 0 Å². The Balaban J connectivity index is 1.84. The second-order valence-corrected chi connectivity index (χ2v) is 11.7. The van der Waals surface area contributed by atoms with E-state index in [1.54, 1.807) is 30.3 Å². The van der Waals surface area contributed by atoms with Gasteiger partial charge in [-0.25, -0.2) is 12.8 Å². The zero-order chi connectivity index (χ0) is 31.7. The van der Waals surface area contributed by atoms with Crippen molar-refractivity contribution in [3.05, 3.63) is 120 Å². The maximum atomic E-state index is 14.4. The highest BCUT2D eigenvalue weighted by Crippen LogP contribution is 2.36. The van der Waals surface area contributed by atoms with Crippen LogP contribution in [0.2, 0.25) is 0 Å². The summed E-state index contributed by atoms with van der Waals surface area (Å²) in [4.78, 5) is 29.0. The van der Waals surface area contributed by atoms with E-state index in [0.29, 0.717) is 11.3 Å². The highest BCUT2D eigenvalue weighted by Gasteiger charge is 2.35. The van der Waals surface area contributed by atoms with Crippen molar-refractivity contribution < 1.29 is 31.9 Å². The number of amides is 2. The van der Waals surface area contributed by atoms with E-state index in [2.05, 4.69) is 5.32 Å². The maximum Gasteiger partial charge on any atom is 0.264 e. The van der Waals surface area contributed by atoms with Gasteiger partial charge >= 0.3 is 0 Å². The lowest BCUT2D eigenvalue weighted by molar-refractivity contribution is -0.139. The van der Waals surface area contributed by atoms with Crippen molar-refractivity contribution in [2.75, 3.05) is 32.1 Å². The fourth-order valence-electron chi connectivity index (χ4n) is 4.73. The van der Waals surface area contributed by atoms with Crippen LogP contribution in [0, 0.1) is 5.82 Å². The van der Waals surface area contributed by atoms with Crippen molar-refractivity contribution in [2.24, 2.45) is 0 Å². The van der Waals surface area contributed by atoms with Gasteiger partial charge in [-0.05, 0) is 47.5 Å². The first-order valence-electron chi connectivity index (χ1n) is 13.8. The average molecular weight is 620 g/mol. The molecule has 44 heavy (non-hydrogen) atoms. The molecule has 0 aliphatic carbocycles. The molecule has 0 saturated heterocycles. The molecule has 0 aliphatic heterocycles. The van der Waals surface area contributed by atoms with E-state index in [9.17, 15) is 22.4 Å². The number of sulfonamides is 1. The molecule has 11 heteroatoms. The van der Waals surface area contributed by atoms with Crippen molar-refractivity contribution in [1.82, 2.24) is 10.2 Å². The van der Waals surface area contributed by atoms with E-state index in [1.807, 2.05) is 30.3 Å². The molecule has 0 aliphatic rings. The molecule has 1 atom stereocenters. The van der Waals surface area contributed by atoms with Crippen molar-refractivity contribution in [1.29, 1.82) is 0 Å². The Kier molecular flexibility index (Phi) is 10.6. The van der Waals surface area contributed by atoms with Gasteiger partial charge in [-0.3, -0.25) is 13.9 Å². The van der Waals surface area contributed by atoms with Gasteiger partial charge in [0.2, 0.25) is 11.8 Å². The number of carbonyl (C=O) groups excluding carboxylic acids is 2. The number of benzene rings is 4. The maximum absolute atomic E-state index is 14.4. The van der Waals surface area contributed by atoms with E-state index in [0.717, 1.165) is 9.87 Å². The number of anilines is 1. The highest BCUT2D eigenvalue weighted by atomic mass is 32.2. The normalized spacial score (nSPS) is 11.7. The minimum absolute atomic E-state index is 0.0464. The van der Waals surface area contributed by atoms with Gasteiger partial charge in [0.1, 0.15) is 29.9 Å². The summed E-state index contributed by atoms with van der Waals surface area (Å²) in [6.45, 7) is -0.761. The molecule has 1 unspecified atom stereocenters. The minimum Gasteiger partial charge on any atom is -0.497 e. The summed E-state index contributed by atoms with van der Waals surface area (Å²) in [7, 11) is -0.0317. The first-order chi connectivity index (χ1) is 21.2. The van der Waals surface area contributed by atoms with Crippen LogP contribution in [0.1, 0.15) is 11.1 Å². The second kappa shape index (κ2) is 14.5. The molecule has 9 nitrogen and oxygen atoms in total. The molecule has 0 aromatic heterocycles. The predicted octanol–water partition coefficient (Wildman–Crippen LogP) is 4.42. The van der Waals surface area contributed by atoms with Gasteiger partial charge in [0, 0.05) is 26.1 Å². The molecular formula is C33H34FN3O6S. The Hall–Kier alpha value is -4.90. The molecule has 0 bridgehead atoms. The van der Waals surface area contributed by atoms with Crippen LogP contribution in [-0.4, -0.2) is 59.0 Å². The highest BCUT2D eigenvalue weighted by molar-refractivity contribution is 7.92. The molecule has 0 saturated carbocycles. The molecule has 0 heterocycles. The standard InChI is InChI=1S/C33H34FN3O6S/c1-35-33(39)30(20-24-10-6-4-7-11-24)36(22-25-14-16-26(34)17-15-25)32(38)23-37(44(40,41)28-12-8-5-9-13-28)29-21-27(42-2)18-19-31(29)43-3/h4-19,21,30H,20,22-23H2,1-3H3,(H,35,39). The molecule has 2 amide bonds. The number of nitrogens with one attached hydrogen (secondary N) is 1. The number of hydrogen-bond donors (Lipinski definition) is 1. The van der Waals surface area contributed by atoms with Gasteiger partial charge in [-0.15, -0.1) is 0 Å². The zero-order valence-corrected chi connectivity index (χ0v) is 25.5. The number of hydrogen-bond acceptors (Lipinski definition) is 6. The third kappa shape index (κ3) is 7.54. The van der Waals surface area contributed by atoms with Crippen molar-refractivity contribution in [3.8, 4) is 11.5 Å². The van der Waals surface area contributed by atoms with Crippen molar-refractivity contribution >= 4 is 27.5 Å². The van der Waals surface area contributed by atoms with Crippen LogP contribution < -0.4 is 19.1 Å². The SMILES string of the molecule is CNC(=O)C(Cc1ccccc1)N(Cc1ccc(F)cc1)C(=O)CN(c1cc(OC)ccc1OC)S(=O)(=O)c1ccccc1. The monoisotopic (exact) mass is 619 g/mol. The Morgan fingerprint density at radius 3 is 2.07 bits per heavy atom. The van der Waals surface area contributed by atoms with Gasteiger partial charge in [0.25, 0.3) is 10.0 Å². The quantitative estimate of drug-likeness (QED) is 0.238. The largest absolute Gasteiger partial charge is 0.497 e. The summed E-state index contributed by atoms with van der Waals surface area (Å²) < 4.78 is 53.9. The number of halogens is 1. The topological polar surface area (TPSA) is 105 Å². The predicted molar refractivity (Wildman–Crippen MR) is 165 cm³/mol. The average Bonchev–Trinajstić information content (AvgIpc) is 3.06. The van der Waals surface area contributed by atoms with E-state index in [1.165, 1.54) is 68.6 Å². The lowest BCUT2D eigenvalue weighted by atomic mass is 10.0. The number of methoxy groups -OCH3 is 2. The fourth-order valence-corrected chi connectivity index (χ4v) is 6.17. The van der Waals surface area contributed by atoms with E-state index < -0.39 is 40.2 Å². The fraction of sp³-hybridized carbons (Fsp3) is 0.212. The minimum atomic E-state index is -4.33. The summed E-state index contributed by atoms with van der Waals surface area (Å²) in [6.07, 6.45) is 0.154. The van der Waals surface area contributed by atoms with Gasteiger partial charge in [0.05, 0.1) is 24.8 Å². The van der Waals surface area contributed by atoms with Crippen LogP contribution in [0.3, 0.4) is 0 Å². The van der Waals surface area contributed by atoms with Crippen molar-refractivity contribution in [2.45, 2.75) is 23.9 Å². The van der Waals surface area contributed by atoms with Crippen LogP contribution in [0.4, 0.5) is 10.1 Å². The lowest BCUT2D eigenvalue weighted by Crippen LogP contribution is -2.53. The first kappa shape index (κ1) is 32.0. The molecule has 4 rings (SSSR count). The second-order valence-electron chi connectivity index (χ2n) is 9.83. The van der Waals surface area contributed by atoms with Crippen molar-refractivity contribution in [3.63, 3.8) is 0 Å². The summed E-state index contributed by atoms with van der Waals surface area (Å²) in [5.74, 6) is -1.03. The molecule has 0 spiro atoms. The summed E-state index contributed by atoms with van der Waals surface area (Å²) >= 11 is 0. The summed E-state index contributed by atoms with van der Waals surface area (Å²) in [5, 5.41) is 2.63. The number of ether oxygens (including phenoxy) is 2. The van der Waals surface area contributed by atoms with Gasteiger partial charge in [-0.2, -0.15) is 0 Å². The zero-order valence-electron chi connectivity index (χ0n) is 24.6. The van der Waals surface area contributed by atoms with Gasteiger partial charge < -0.3 is 19.7 Å². The molecular weight excluding hydrogens is 585 g/mol. The Morgan fingerprint density at radius 2 is 1.48 bits per heavy atom. The molecule has 1 N–H and O–H groups in total. The smallest absolute Gasteiger partial charge is 0.264 e. The van der Waals surface area contributed by atoms with Crippen LogP contribution in [0.25, 0.3) is 0 Å². The van der Waals surface area contributed by atoms with Crippen LogP contribution in [0.15, 0.2) is 108 Å². The third-order valence-electron chi connectivity index (χ3n) is 7.05. The Bertz CT molecular complexity index is 1670. The summed E-state index contributed by atoms with van der Waals surface area (Å²) in [5.41, 5.74) is 1.42. The number of nitrogens with zero attached hydrogens (tertiary/aromatic N) is 2.